The van der Waals surface area contributed by atoms with Gasteiger partial charge in [0, 0.05) is 0 Å². The number of rotatable bonds is 2. The molecular formula is C14H14O. The molecule has 2 aromatic rings. The number of aliphatic hydroxyl groups is 1. The van der Waals surface area contributed by atoms with Crippen LogP contribution in [0, 0.1) is 0 Å². The molecule has 0 aliphatic rings. The Labute approximate surface area is 89.7 Å². The van der Waals surface area contributed by atoms with Crippen LogP contribution in [0.5, 0.6) is 0 Å². The van der Waals surface area contributed by atoms with E-state index in [4.69, 9.17) is 0 Å². The number of benzene rings is 2. The van der Waals surface area contributed by atoms with Gasteiger partial charge in [-0.3, -0.25) is 0 Å². The molecule has 0 amide bonds. The maximum atomic E-state index is 10.0. The number of hydrogen-bond donors (Lipinski definition) is 1. The third-order valence-electron chi connectivity index (χ3n) is 2.73. The molecule has 1 atom stereocenters. The molecule has 0 aliphatic carbocycles. The lowest BCUT2D eigenvalue weighted by atomic mass is 9.94. The van der Waals surface area contributed by atoms with Crippen LogP contribution >= 0.6 is 0 Å². The Morgan fingerprint density at radius 3 is 2.47 bits per heavy atom. The molecule has 2 rings (SSSR count). The van der Waals surface area contributed by atoms with Crippen molar-refractivity contribution in [1.29, 1.82) is 0 Å². The molecule has 0 heterocycles. The maximum Gasteiger partial charge on any atom is 0.105 e. The Morgan fingerprint density at radius 2 is 1.80 bits per heavy atom. The van der Waals surface area contributed by atoms with Gasteiger partial charge in [0.1, 0.15) is 5.60 Å². The molecule has 0 spiro atoms. The van der Waals surface area contributed by atoms with Crippen molar-refractivity contribution in [2.24, 2.45) is 0 Å². The minimum absolute atomic E-state index is 0.871. The fourth-order valence-electron chi connectivity index (χ4n) is 1.62. The van der Waals surface area contributed by atoms with Crippen molar-refractivity contribution in [1.82, 2.24) is 0 Å². The van der Waals surface area contributed by atoms with Crippen LogP contribution in [-0.2, 0) is 5.60 Å². The van der Waals surface area contributed by atoms with Gasteiger partial charge >= 0.3 is 0 Å². The smallest absolute Gasteiger partial charge is 0.105 e. The molecule has 0 fully saturated rings. The van der Waals surface area contributed by atoms with E-state index in [2.05, 4.69) is 12.6 Å². The maximum absolute atomic E-state index is 10.0. The standard InChI is InChI=1S/C14H14O/c1-3-14(2,15)13-9-8-11-6-4-5-7-12(11)10-13/h3-10,15H,1H2,2H3. The van der Waals surface area contributed by atoms with Crippen molar-refractivity contribution in [3.8, 4) is 0 Å². The second kappa shape index (κ2) is 3.52. The number of hydrogen-bond acceptors (Lipinski definition) is 1. The molecule has 0 aliphatic heterocycles. The van der Waals surface area contributed by atoms with Gasteiger partial charge in [-0.1, -0.05) is 49.1 Å². The summed E-state index contributed by atoms with van der Waals surface area (Å²) in [6.45, 7) is 5.38. The highest BCUT2D eigenvalue weighted by molar-refractivity contribution is 5.83. The summed E-state index contributed by atoms with van der Waals surface area (Å²) in [6.07, 6.45) is 1.55. The van der Waals surface area contributed by atoms with E-state index < -0.39 is 5.60 Å². The minimum atomic E-state index is -0.954. The molecule has 1 heteroatoms. The van der Waals surface area contributed by atoms with E-state index in [9.17, 15) is 5.11 Å². The normalized spacial score (nSPS) is 14.8. The van der Waals surface area contributed by atoms with E-state index in [0.29, 0.717) is 0 Å². The highest BCUT2D eigenvalue weighted by Crippen LogP contribution is 2.25. The highest BCUT2D eigenvalue weighted by atomic mass is 16.3. The SMILES string of the molecule is C=CC(C)(O)c1ccc2ccccc2c1. The minimum Gasteiger partial charge on any atom is -0.381 e. The summed E-state index contributed by atoms with van der Waals surface area (Å²) in [5.41, 5.74) is -0.0829. The van der Waals surface area contributed by atoms with Crippen molar-refractivity contribution in [2.75, 3.05) is 0 Å². The lowest BCUT2D eigenvalue weighted by Gasteiger charge is -2.19. The van der Waals surface area contributed by atoms with Crippen LogP contribution in [0.2, 0.25) is 0 Å². The average Bonchev–Trinajstić information content (AvgIpc) is 2.28. The average molecular weight is 198 g/mol. The topological polar surface area (TPSA) is 20.2 Å². The third kappa shape index (κ3) is 1.79. The summed E-state index contributed by atoms with van der Waals surface area (Å²) in [5, 5.41) is 12.4. The molecule has 0 aromatic heterocycles. The Bertz CT molecular complexity index is 497. The molecule has 0 saturated carbocycles. The molecule has 76 valence electrons. The Hall–Kier alpha value is -1.60. The fourth-order valence-corrected chi connectivity index (χ4v) is 1.62. The van der Waals surface area contributed by atoms with Crippen molar-refractivity contribution >= 4 is 10.8 Å². The van der Waals surface area contributed by atoms with Crippen molar-refractivity contribution < 1.29 is 5.11 Å². The van der Waals surface area contributed by atoms with E-state index in [1.807, 2.05) is 36.4 Å². The van der Waals surface area contributed by atoms with Crippen LogP contribution in [0.4, 0.5) is 0 Å². The Kier molecular flexibility index (Phi) is 2.33. The van der Waals surface area contributed by atoms with Gasteiger partial charge in [-0.05, 0) is 29.3 Å². The van der Waals surface area contributed by atoms with Crippen LogP contribution in [0.25, 0.3) is 10.8 Å². The van der Waals surface area contributed by atoms with Crippen molar-refractivity contribution in [3.05, 3.63) is 60.7 Å². The van der Waals surface area contributed by atoms with Gasteiger partial charge in [-0.25, -0.2) is 0 Å². The molecule has 1 unspecified atom stereocenters. The number of fused-ring (bicyclic) bond motifs is 1. The first-order valence-corrected chi connectivity index (χ1v) is 4.99. The second-order valence-electron chi connectivity index (χ2n) is 3.91. The Morgan fingerprint density at radius 1 is 1.13 bits per heavy atom. The first-order chi connectivity index (χ1) is 7.13. The van der Waals surface area contributed by atoms with Gasteiger partial charge in [0.25, 0.3) is 0 Å². The van der Waals surface area contributed by atoms with E-state index in [1.165, 1.54) is 5.39 Å². The molecular weight excluding hydrogens is 184 g/mol. The highest BCUT2D eigenvalue weighted by Gasteiger charge is 2.18. The summed E-state index contributed by atoms with van der Waals surface area (Å²) < 4.78 is 0. The zero-order chi connectivity index (χ0) is 10.9. The van der Waals surface area contributed by atoms with Crippen LogP contribution < -0.4 is 0 Å². The molecule has 0 saturated heterocycles. The first kappa shape index (κ1) is 9.94. The summed E-state index contributed by atoms with van der Waals surface area (Å²) in [6, 6.07) is 14.0. The van der Waals surface area contributed by atoms with Crippen molar-refractivity contribution in [3.63, 3.8) is 0 Å². The molecule has 0 radical (unpaired) electrons. The van der Waals surface area contributed by atoms with Gasteiger partial charge in [-0.2, -0.15) is 0 Å². The predicted molar refractivity (Wildman–Crippen MR) is 63.7 cm³/mol. The van der Waals surface area contributed by atoms with Crippen molar-refractivity contribution in [2.45, 2.75) is 12.5 Å². The third-order valence-corrected chi connectivity index (χ3v) is 2.73. The zero-order valence-corrected chi connectivity index (χ0v) is 8.77. The van der Waals surface area contributed by atoms with Gasteiger partial charge in [0.05, 0.1) is 0 Å². The first-order valence-electron chi connectivity index (χ1n) is 4.99. The van der Waals surface area contributed by atoms with Crippen LogP contribution in [-0.4, -0.2) is 5.11 Å². The lowest BCUT2D eigenvalue weighted by molar-refractivity contribution is 0.112. The second-order valence-corrected chi connectivity index (χ2v) is 3.91. The van der Waals surface area contributed by atoms with Crippen LogP contribution in [0.1, 0.15) is 12.5 Å². The molecule has 1 N–H and O–H groups in total. The monoisotopic (exact) mass is 198 g/mol. The molecule has 2 aromatic carbocycles. The van der Waals surface area contributed by atoms with E-state index in [1.54, 1.807) is 13.0 Å². The summed E-state index contributed by atoms with van der Waals surface area (Å²) in [7, 11) is 0. The predicted octanol–water partition coefficient (Wildman–Crippen LogP) is 3.23. The molecule has 1 nitrogen and oxygen atoms in total. The van der Waals surface area contributed by atoms with Gasteiger partial charge < -0.3 is 5.11 Å². The fraction of sp³-hybridized carbons (Fsp3) is 0.143. The van der Waals surface area contributed by atoms with Gasteiger partial charge in [0.15, 0.2) is 0 Å². The largest absolute Gasteiger partial charge is 0.381 e. The Balaban J connectivity index is 2.61. The van der Waals surface area contributed by atoms with Crippen LogP contribution in [0.3, 0.4) is 0 Å². The van der Waals surface area contributed by atoms with Gasteiger partial charge in [0.2, 0.25) is 0 Å². The van der Waals surface area contributed by atoms with Gasteiger partial charge in [-0.15, -0.1) is 0 Å². The van der Waals surface area contributed by atoms with E-state index >= 15 is 0 Å². The summed E-state index contributed by atoms with van der Waals surface area (Å²) in [5.74, 6) is 0. The van der Waals surface area contributed by atoms with E-state index in [-0.39, 0.29) is 0 Å². The summed E-state index contributed by atoms with van der Waals surface area (Å²) in [4.78, 5) is 0. The lowest BCUT2D eigenvalue weighted by Crippen LogP contribution is -2.16. The zero-order valence-electron chi connectivity index (χ0n) is 8.77. The van der Waals surface area contributed by atoms with E-state index in [0.717, 1.165) is 10.9 Å². The quantitative estimate of drug-likeness (QED) is 0.734. The molecule has 15 heavy (non-hydrogen) atoms. The summed E-state index contributed by atoms with van der Waals surface area (Å²) >= 11 is 0. The van der Waals surface area contributed by atoms with Crippen LogP contribution in [0.15, 0.2) is 55.1 Å². The molecule has 0 bridgehead atoms.